The van der Waals surface area contributed by atoms with Crippen LogP contribution >= 0.6 is 11.6 Å². The molecule has 0 fully saturated rings. The van der Waals surface area contributed by atoms with Crippen molar-refractivity contribution in [2.45, 2.75) is 19.6 Å². The average molecular weight is 383 g/mol. The molecule has 0 saturated carbocycles. The van der Waals surface area contributed by atoms with E-state index in [2.05, 4.69) is 15.1 Å². The van der Waals surface area contributed by atoms with Gasteiger partial charge in [0.15, 0.2) is 0 Å². The quantitative estimate of drug-likeness (QED) is 0.735. The first-order valence-corrected chi connectivity index (χ1v) is 8.61. The molecule has 0 spiro atoms. The molecule has 4 rings (SSSR count). The lowest BCUT2D eigenvalue weighted by Gasteiger charge is -2.15. The summed E-state index contributed by atoms with van der Waals surface area (Å²) in [6.45, 7) is 0.445. The first-order valence-electron chi connectivity index (χ1n) is 8.23. The van der Waals surface area contributed by atoms with Crippen molar-refractivity contribution in [1.29, 1.82) is 0 Å². The molecule has 3 heterocycles. The number of nitrogens with two attached hydrogens (primary N) is 1. The molecule has 0 saturated heterocycles. The highest BCUT2D eigenvalue weighted by atomic mass is 35.5. The van der Waals surface area contributed by atoms with Crippen molar-refractivity contribution in [2.24, 2.45) is 0 Å². The van der Waals surface area contributed by atoms with Crippen LogP contribution in [0, 0.1) is 0 Å². The largest absolute Gasteiger partial charge is 0.368 e. The Morgan fingerprint density at radius 3 is 2.67 bits per heavy atom. The number of carbonyl (C=O) groups is 1. The minimum Gasteiger partial charge on any atom is -0.368 e. The molecule has 0 aliphatic carbocycles. The summed E-state index contributed by atoms with van der Waals surface area (Å²) in [5.41, 5.74) is 8.65. The van der Waals surface area contributed by atoms with Gasteiger partial charge >= 0.3 is 0 Å². The second kappa shape index (κ2) is 6.81. The maximum absolute atomic E-state index is 12.7. The number of hydrogen-bond acceptors (Lipinski definition) is 6. The van der Waals surface area contributed by atoms with E-state index in [0.29, 0.717) is 24.5 Å². The van der Waals surface area contributed by atoms with Crippen LogP contribution in [0.5, 0.6) is 0 Å². The van der Waals surface area contributed by atoms with Crippen LogP contribution in [0.4, 0.5) is 5.95 Å². The normalized spacial score (nSPS) is 12.9. The lowest BCUT2D eigenvalue weighted by Crippen LogP contribution is -2.34. The Kier molecular flexibility index (Phi) is 4.33. The van der Waals surface area contributed by atoms with E-state index in [1.54, 1.807) is 4.90 Å². The Bertz CT molecular complexity index is 1080. The summed E-state index contributed by atoms with van der Waals surface area (Å²) in [7, 11) is 0. The van der Waals surface area contributed by atoms with E-state index in [-0.39, 0.29) is 23.6 Å². The average Bonchev–Trinajstić information content (AvgIpc) is 3.09. The first kappa shape index (κ1) is 17.2. The molecular weight excluding hydrogens is 368 g/mol. The molecule has 2 aromatic heterocycles. The van der Waals surface area contributed by atoms with E-state index in [9.17, 15) is 9.59 Å². The van der Waals surface area contributed by atoms with Crippen LogP contribution in [0.15, 0.2) is 47.3 Å². The minimum atomic E-state index is -0.390. The van der Waals surface area contributed by atoms with Crippen LogP contribution in [-0.2, 0) is 24.4 Å². The van der Waals surface area contributed by atoms with Crippen molar-refractivity contribution >= 4 is 23.5 Å². The van der Waals surface area contributed by atoms with Crippen molar-refractivity contribution < 1.29 is 4.79 Å². The smallest absolute Gasteiger partial charge is 0.267 e. The Balaban J connectivity index is 1.62. The van der Waals surface area contributed by atoms with Crippen LogP contribution < -0.4 is 11.3 Å². The lowest BCUT2D eigenvalue weighted by molar-refractivity contribution is -0.132. The number of amides is 1. The van der Waals surface area contributed by atoms with Gasteiger partial charge in [-0.1, -0.05) is 41.9 Å². The van der Waals surface area contributed by atoms with Gasteiger partial charge < -0.3 is 10.6 Å². The van der Waals surface area contributed by atoms with Crippen LogP contribution in [0.2, 0.25) is 5.15 Å². The summed E-state index contributed by atoms with van der Waals surface area (Å²) in [5.74, 6) is -0.0999. The van der Waals surface area contributed by atoms with Crippen LogP contribution in [0.25, 0.3) is 11.3 Å². The Morgan fingerprint density at radius 2 is 1.89 bits per heavy atom. The topological polar surface area (TPSA) is 107 Å². The zero-order chi connectivity index (χ0) is 19.0. The number of carbonyl (C=O) groups excluding carboxylic acids is 1. The highest BCUT2D eigenvalue weighted by Crippen LogP contribution is 2.31. The van der Waals surface area contributed by atoms with Gasteiger partial charge in [0, 0.05) is 17.2 Å². The number of aromatic nitrogens is 4. The van der Waals surface area contributed by atoms with Crippen LogP contribution in [0.3, 0.4) is 0 Å². The van der Waals surface area contributed by atoms with Crippen LogP contribution in [0.1, 0.15) is 11.3 Å². The summed E-state index contributed by atoms with van der Waals surface area (Å²) >= 11 is 5.81. The molecule has 3 aromatic rings. The van der Waals surface area contributed by atoms with Gasteiger partial charge in [-0.2, -0.15) is 5.10 Å². The van der Waals surface area contributed by atoms with Gasteiger partial charge in [0.25, 0.3) is 5.56 Å². The molecule has 9 heteroatoms. The monoisotopic (exact) mass is 382 g/mol. The van der Waals surface area contributed by atoms with Gasteiger partial charge in [0.05, 0.1) is 24.5 Å². The van der Waals surface area contributed by atoms with E-state index in [4.69, 9.17) is 17.3 Å². The number of benzene rings is 1. The first-order chi connectivity index (χ1) is 13.0. The molecule has 8 nitrogen and oxygen atoms in total. The zero-order valence-electron chi connectivity index (χ0n) is 14.2. The molecule has 1 aliphatic heterocycles. The molecule has 0 radical (unpaired) electrons. The van der Waals surface area contributed by atoms with Gasteiger partial charge in [-0.15, -0.1) is 0 Å². The van der Waals surface area contributed by atoms with Crippen LogP contribution in [-0.4, -0.2) is 30.6 Å². The third-order valence-corrected chi connectivity index (χ3v) is 4.52. The Morgan fingerprint density at radius 1 is 1.11 bits per heavy atom. The maximum atomic E-state index is 12.7. The van der Waals surface area contributed by atoms with E-state index in [1.807, 2.05) is 30.3 Å². The molecule has 1 aromatic carbocycles. The fourth-order valence-corrected chi connectivity index (χ4v) is 3.20. The molecule has 0 atom stereocenters. The predicted octanol–water partition coefficient (Wildman–Crippen LogP) is 1.48. The molecule has 1 amide bonds. The fraction of sp³-hybridized carbons (Fsp3) is 0.167. The highest BCUT2D eigenvalue weighted by Gasteiger charge is 2.29. The van der Waals surface area contributed by atoms with E-state index >= 15 is 0 Å². The second-order valence-corrected chi connectivity index (χ2v) is 6.51. The van der Waals surface area contributed by atoms with E-state index in [0.717, 1.165) is 15.8 Å². The number of nitrogen functional groups attached to an aromatic ring is 1. The van der Waals surface area contributed by atoms with E-state index < -0.39 is 5.56 Å². The number of hydrogen-bond donors (Lipinski definition) is 1. The lowest BCUT2D eigenvalue weighted by atomic mass is 10.1. The Labute approximate surface area is 159 Å². The van der Waals surface area contributed by atoms with Gasteiger partial charge in [0.1, 0.15) is 11.7 Å². The summed E-state index contributed by atoms with van der Waals surface area (Å²) in [5, 5.41) is 4.04. The van der Waals surface area contributed by atoms with Crippen molar-refractivity contribution in [3.05, 3.63) is 69.2 Å². The molecule has 2 N–H and O–H groups in total. The van der Waals surface area contributed by atoms with Crippen molar-refractivity contribution in [2.75, 3.05) is 5.73 Å². The third-order valence-electron chi connectivity index (χ3n) is 4.32. The molecule has 136 valence electrons. The highest BCUT2D eigenvalue weighted by molar-refractivity contribution is 6.29. The van der Waals surface area contributed by atoms with Crippen molar-refractivity contribution in [3.63, 3.8) is 0 Å². The standard InChI is InChI=1S/C18H15ClN6O2/c19-14-6-7-15(26)25(23-14)10-16(27)24-8-12-13(9-24)21-18(20)22-17(12)11-4-2-1-3-5-11/h1-7H,8-10H2,(H2,20,21,22). The summed E-state index contributed by atoms with van der Waals surface area (Å²) in [6, 6.07) is 12.3. The fourth-order valence-electron chi connectivity index (χ4n) is 3.05. The number of nitrogens with zero attached hydrogens (tertiary/aromatic N) is 5. The number of anilines is 1. The number of halogens is 1. The number of fused-ring (bicyclic) bond motifs is 1. The van der Waals surface area contributed by atoms with Crippen molar-refractivity contribution in [3.8, 4) is 11.3 Å². The predicted molar refractivity (Wildman–Crippen MR) is 99.6 cm³/mol. The SMILES string of the molecule is Nc1nc2c(c(-c3ccccc3)n1)CN(C(=O)Cn1nc(Cl)ccc1=O)C2. The molecular formula is C18H15ClN6O2. The minimum absolute atomic E-state index is 0.150. The molecule has 0 bridgehead atoms. The number of rotatable bonds is 3. The maximum Gasteiger partial charge on any atom is 0.267 e. The van der Waals surface area contributed by atoms with E-state index in [1.165, 1.54) is 12.1 Å². The molecule has 1 aliphatic rings. The Hall–Kier alpha value is -3.26. The molecule has 27 heavy (non-hydrogen) atoms. The zero-order valence-corrected chi connectivity index (χ0v) is 14.9. The van der Waals surface area contributed by atoms with Gasteiger partial charge in [-0.3, -0.25) is 9.59 Å². The summed E-state index contributed by atoms with van der Waals surface area (Å²) in [4.78, 5) is 34.8. The van der Waals surface area contributed by atoms with Gasteiger partial charge in [-0.25, -0.2) is 14.6 Å². The summed E-state index contributed by atoms with van der Waals surface area (Å²) < 4.78 is 1.05. The van der Waals surface area contributed by atoms with Gasteiger partial charge in [-0.05, 0) is 6.07 Å². The summed E-state index contributed by atoms with van der Waals surface area (Å²) in [6.07, 6.45) is 0. The molecule has 0 unspecified atom stereocenters. The third kappa shape index (κ3) is 3.39. The second-order valence-electron chi connectivity index (χ2n) is 6.12. The van der Waals surface area contributed by atoms with Gasteiger partial charge in [0.2, 0.25) is 11.9 Å². The van der Waals surface area contributed by atoms with Crippen molar-refractivity contribution in [1.82, 2.24) is 24.6 Å².